The van der Waals surface area contributed by atoms with Crippen LogP contribution in [0.25, 0.3) is 0 Å². The molecule has 1 aromatic carbocycles. The maximum absolute atomic E-state index is 12.6. The SMILES string of the molecule is O=C(NC[C@@H](c1ccsc1)N1CCCC1)C(=O)Nc1ccc(C(F)(F)F)cc1. The highest BCUT2D eigenvalue weighted by molar-refractivity contribution is 7.08. The zero-order valence-corrected chi connectivity index (χ0v) is 15.8. The lowest BCUT2D eigenvalue weighted by Gasteiger charge is -2.27. The molecule has 1 fully saturated rings. The van der Waals surface area contributed by atoms with Gasteiger partial charge in [0.2, 0.25) is 0 Å². The van der Waals surface area contributed by atoms with Crippen LogP contribution in [-0.4, -0.2) is 36.3 Å². The molecule has 5 nitrogen and oxygen atoms in total. The normalized spacial score (nSPS) is 16.0. The Labute approximate surface area is 164 Å². The van der Waals surface area contributed by atoms with Crippen molar-refractivity contribution in [1.29, 1.82) is 0 Å². The van der Waals surface area contributed by atoms with E-state index in [0.717, 1.165) is 55.8 Å². The molecule has 2 N–H and O–H groups in total. The molecule has 0 bridgehead atoms. The second kappa shape index (κ2) is 8.74. The molecule has 28 heavy (non-hydrogen) atoms. The van der Waals surface area contributed by atoms with Gasteiger partial charge < -0.3 is 10.6 Å². The molecule has 0 unspecified atom stereocenters. The van der Waals surface area contributed by atoms with E-state index in [9.17, 15) is 22.8 Å². The van der Waals surface area contributed by atoms with E-state index < -0.39 is 23.6 Å². The Morgan fingerprint density at radius 2 is 1.75 bits per heavy atom. The predicted molar refractivity (Wildman–Crippen MR) is 101 cm³/mol. The van der Waals surface area contributed by atoms with Gasteiger partial charge in [0.1, 0.15) is 0 Å². The van der Waals surface area contributed by atoms with Gasteiger partial charge in [0.25, 0.3) is 0 Å². The van der Waals surface area contributed by atoms with Crippen LogP contribution in [0.5, 0.6) is 0 Å². The number of hydrogen-bond donors (Lipinski definition) is 2. The molecule has 1 atom stereocenters. The summed E-state index contributed by atoms with van der Waals surface area (Å²) in [4.78, 5) is 26.5. The summed E-state index contributed by atoms with van der Waals surface area (Å²) in [7, 11) is 0. The number of amides is 2. The highest BCUT2D eigenvalue weighted by Crippen LogP contribution is 2.30. The van der Waals surface area contributed by atoms with Crippen molar-refractivity contribution in [3.8, 4) is 0 Å². The van der Waals surface area contributed by atoms with Gasteiger partial charge in [0.05, 0.1) is 11.6 Å². The molecular weight excluding hydrogens is 391 g/mol. The quantitative estimate of drug-likeness (QED) is 0.739. The van der Waals surface area contributed by atoms with Crippen LogP contribution in [0.15, 0.2) is 41.1 Å². The Morgan fingerprint density at radius 3 is 2.32 bits per heavy atom. The van der Waals surface area contributed by atoms with Crippen LogP contribution in [0, 0.1) is 0 Å². The molecule has 0 aliphatic carbocycles. The maximum Gasteiger partial charge on any atom is 0.416 e. The molecule has 0 saturated carbocycles. The zero-order chi connectivity index (χ0) is 20.1. The van der Waals surface area contributed by atoms with Crippen LogP contribution in [0.2, 0.25) is 0 Å². The molecule has 2 heterocycles. The number of nitrogens with one attached hydrogen (secondary N) is 2. The van der Waals surface area contributed by atoms with Gasteiger partial charge in [-0.1, -0.05) is 0 Å². The van der Waals surface area contributed by atoms with Gasteiger partial charge in [0.15, 0.2) is 0 Å². The summed E-state index contributed by atoms with van der Waals surface area (Å²) in [5.74, 6) is -1.73. The largest absolute Gasteiger partial charge is 0.416 e. The monoisotopic (exact) mass is 411 g/mol. The van der Waals surface area contributed by atoms with Crippen molar-refractivity contribution in [3.05, 3.63) is 52.2 Å². The molecule has 9 heteroatoms. The Morgan fingerprint density at radius 1 is 1.07 bits per heavy atom. The number of rotatable bonds is 5. The molecule has 0 radical (unpaired) electrons. The number of nitrogens with zero attached hydrogens (tertiary/aromatic N) is 1. The molecule has 3 rings (SSSR count). The fourth-order valence-corrected chi connectivity index (χ4v) is 3.88. The van der Waals surface area contributed by atoms with Crippen LogP contribution in [0.1, 0.15) is 30.0 Å². The van der Waals surface area contributed by atoms with Gasteiger partial charge in [-0.15, -0.1) is 0 Å². The fraction of sp³-hybridized carbons (Fsp3) is 0.368. The van der Waals surface area contributed by atoms with Crippen LogP contribution >= 0.6 is 11.3 Å². The van der Waals surface area contributed by atoms with Crippen LogP contribution in [0.3, 0.4) is 0 Å². The summed E-state index contributed by atoms with van der Waals surface area (Å²) in [6.45, 7) is 2.16. The van der Waals surface area contributed by atoms with E-state index in [1.165, 1.54) is 0 Å². The minimum Gasteiger partial charge on any atom is -0.346 e. The van der Waals surface area contributed by atoms with E-state index in [-0.39, 0.29) is 18.3 Å². The number of carbonyl (C=O) groups excluding carboxylic acids is 2. The zero-order valence-electron chi connectivity index (χ0n) is 15.0. The van der Waals surface area contributed by atoms with E-state index in [1.807, 2.05) is 16.8 Å². The minimum atomic E-state index is -4.45. The first-order valence-electron chi connectivity index (χ1n) is 8.87. The van der Waals surface area contributed by atoms with E-state index in [4.69, 9.17) is 0 Å². The van der Waals surface area contributed by atoms with E-state index >= 15 is 0 Å². The lowest BCUT2D eigenvalue weighted by molar-refractivity contribution is -0.137. The average Bonchev–Trinajstić information content (AvgIpc) is 3.36. The Kier molecular flexibility index (Phi) is 6.35. The molecule has 1 saturated heterocycles. The van der Waals surface area contributed by atoms with Gasteiger partial charge in [-0.25, -0.2) is 0 Å². The summed E-state index contributed by atoms with van der Waals surface area (Å²) >= 11 is 1.57. The highest BCUT2D eigenvalue weighted by Gasteiger charge is 2.30. The molecule has 150 valence electrons. The third kappa shape index (κ3) is 5.11. The number of hydrogen-bond acceptors (Lipinski definition) is 4. The summed E-state index contributed by atoms with van der Waals surface area (Å²) < 4.78 is 37.7. The first-order chi connectivity index (χ1) is 13.3. The van der Waals surface area contributed by atoms with Gasteiger partial charge >= 0.3 is 18.0 Å². The van der Waals surface area contributed by atoms with Crippen molar-refractivity contribution >= 4 is 28.8 Å². The molecule has 1 aliphatic rings. The van der Waals surface area contributed by atoms with Crippen molar-refractivity contribution in [2.24, 2.45) is 0 Å². The summed E-state index contributed by atoms with van der Waals surface area (Å²) in [6.07, 6.45) is -2.25. The Balaban J connectivity index is 1.56. The van der Waals surface area contributed by atoms with Crippen molar-refractivity contribution in [2.75, 3.05) is 25.0 Å². The van der Waals surface area contributed by atoms with Crippen molar-refractivity contribution in [2.45, 2.75) is 25.1 Å². The Bertz CT molecular complexity index is 801. The topological polar surface area (TPSA) is 61.4 Å². The molecule has 1 aliphatic heterocycles. The number of carbonyl (C=O) groups is 2. The Hall–Kier alpha value is -2.39. The smallest absolute Gasteiger partial charge is 0.346 e. The molecule has 2 aromatic rings. The second-order valence-electron chi connectivity index (χ2n) is 6.55. The number of alkyl halides is 3. The summed E-state index contributed by atoms with van der Waals surface area (Å²) in [5, 5.41) is 8.95. The van der Waals surface area contributed by atoms with Crippen LogP contribution in [-0.2, 0) is 15.8 Å². The predicted octanol–water partition coefficient (Wildman–Crippen LogP) is 3.66. The molecule has 0 spiro atoms. The van der Waals surface area contributed by atoms with Gasteiger partial charge in [-0.05, 0) is 72.6 Å². The lowest BCUT2D eigenvalue weighted by atomic mass is 10.1. The number of anilines is 1. The second-order valence-corrected chi connectivity index (χ2v) is 7.33. The molecular formula is C19H20F3N3O2S. The van der Waals surface area contributed by atoms with Crippen LogP contribution < -0.4 is 10.6 Å². The van der Waals surface area contributed by atoms with E-state index in [1.54, 1.807) is 11.3 Å². The molecule has 2 amide bonds. The van der Waals surface area contributed by atoms with Gasteiger partial charge in [0, 0.05) is 12.2 Å². The lowest BCUT2D eigenvalue weighted by Crippen LogP contribution is -2.41. The first kappa shape index (κ1) is 20.3. The van der Waals surface area contributed by atoms with E-state index in [2.05, 4.69) is 15.5 Å². The third-order valence-electron chi connectivity index (χ3n) is 4.64. The summed E-state index contributed by atoms with van der Waals surface area (Å²) in [6, 6.07) is 5.94. The number of likely N-dealkylation sites (tertiary alicyclic amines) is 1. The first-order valence-corrected chi connectivity index (χ1v) is 9.81. The average molecular weight is 411 g/mol. The van der Waals surface area contributed by atoms with Gasteiger partial charge in [-0.3, -0.25) is 14.5 Å². The third-order valence-corrected chi connectivity index (χ3v) is 5.34. The highest BCUT2D eigenvalue weighted by atomic mass is 32.1. The minimum absolute atomic E-state index is 0.00318. The fourth-order valence-electron chi connectivity index (χ4n) is 3.18. The number of benzene rings is 1. The van der Waals surface area contributed by atoms with E-state index in [0.29, 0.717) is 0 Å². The summed E-state index contributed by atoms with van der Waals surface area (Å²) in [5.41, 5.74) is 0.400. The van der Waals surface area contributed by atoms with Crippen molar-refractivity contribution in [3.63, 3.8) is 0 Å². The van der Waals surface area contributed by atoms with Crippen molar-refractivity contribution in [1.82, 2.24) is 10.2 Å². The van der Waals surface area contributed by atoms with Crippen molar-refractivity contribution < 1.29 is 22.8 Å². The standard InChI is InChI=1S/C19H20F3N3O2S/c20-19(21,22)14-3-5-15(6-4-14)24-18(27)17(26)23-11-16(13-7-10-28-12-13)25-8-1-2-9-25/h3-7,10,12,16H,1-2,8-9,11H2,(H,23,26)(H,24,27)/t16-/m0/s1. The maximum atomic E-state index is 12.6. The van der Waals surface area contributed by atoms with Gasteiger partial charge in [-0.2, -0.15) is 24.5 Å². The molecule has 1 aromatic heterocycles. The van der Waals surface area contributed by atoms with Crippen LogP contribution in [0.4, 0.5) is 18.9 Å². The number of halogens is 3. The number of thiophene rings is 1.